The summed E-state index contributed by atoms with van der Waals surface area (Å²) in [5, 5.41) is 9.09. The maximum atomic E-state index is 12.9. The molecule has 35 heavy (non-hydrogen) atoms. The number of carbonyl (C=O) groups is 2. The predicted molar refractivity (Wildman–Crippen MR) is 137 cm³/mol. The number of carbonyl (C=O) groups excluding carboxylic acids is 2. The van der Waals surface area contributed by atoms with Crippen LogP contribution in [0.1, 0.15) is 56.2 Å². The van der Waals surface area contributed by atoms with Crippen LogP contribution in [0.4, 0.5) is 4.79 Å². The first-order valence-corrected chi connectivity index (χ1v) is 11.9. The zero-order chi connectivity index (χ0) is 25.4. The number of unbranched alkanes of at least 4 members (excludes halogenated alkanes) is 1. The number of para-hydroxylation sites is 1. The van der Waals surface area contributed by atoms with E-state index in [2.05, 4.69) is 22.9 Å². The molecule has 1 unspecified atom stereocenters. The van der Waals surface area contributed by atoms with Crippen molar-refractivity contribution in [3.63, 3.8) is 0 Å². The standard InChI is InChI=1S/C28H35N3O4/c1-6-7-16-29-28(33)31-26-20(4)30-19(3)24(27(32)34-5)25(26)22-10-8-9-11-23(22)35-17-21-14-12-18(2)13-15-21/h8-15,25,30H,6-7,16-17H2,1-5H3,(H2,29,31,33). The molecule has 2 amide bonds. The summed E-state index contributed by atoms with van der Waals surface area (Å²) in [6.07, 6.45) is 1.86. The number of amides is 2. The van der Waals surface area contributed by atoms with Gasteiger partial charge in [0.15, 0.2) is 0 Å². The second-order valence-corrected chi connectivity index (χ2v) is 8.67. The molecule has 7 heteroatoms. The van der Waals surface area contributed by atoms with Crippen molar-refractivity contribution in [2.24, 2.45) is 0 Å². The molecule has 1 heterocycles. The number of ether oxygens (including phenoxy) is 2. The van der Waals surface area contributed by atoms with Crippen molar-refractivity contribution in [2.75, 3.05) is 13.7 Å². The molecule has 3 N–H and O–H groups in total. The lowest BCUT2D eigenvalue weighted by Gasteiger charge is -2.32. The number of hydrogen-bond donors (Lipinski definition) is 3. The number of dihydropyridines is 1. The largest absolute Gasteiger partial charge is 0.489 e. The van der Waals surface area contributed by atoms with Crippen LogP contribution in [0, 0.1) is 6.92 Å². The summed E-state index contributed by atoms with van der Waals surface area (Å²) >= 11 is 0. The normalized spacial score (nSPS) is 15.4. The molecule has 186 valence electrons. The van der Waals surface area contributed by atoms with E-state index in [1.165, 1.54) is 12.7 Å². The lowest BCUT2D eigenvalue weighted by atomic mass is 9.83. The van der Waals surface area contributed by atoms with Gasteiger partial charge < -0.3 is 25.4 Å². The first kappa shape index (κ1) is 25.9. The summed E-state index contributed by atoms with van der Waals surface area (Å²) in [6.45, 7) is 8.76. The first-order chi connectivity index (χ1) is 16.8. The fourth-order valence-electron chi connectivity index (χ4n) is 4.09. The number of rotatable bonds is 9. The molecule has 1 aliphatic rings. The number of hydrogen-bond acceptors (Lipinski definition) is 5. The summed E-state index contributed by atoms with van der Waals surface area (Å²) in [5.41, 5.74) is 5.41. The summed E-state index contributed by atoms with van der Waals surface area (Å²) < 4.78 is 11.4. The summed E-state index contributed by atoms with van der Waals surface area (Å²) in [5.74, 6) is -0.408. The molecule has 0 fully saturated rings. The molecule has 2 aromatic carbocycles. The van der Waals surface area contributed by atoms with E-state index >= 15 is 0 Å². The summed E-state index contributed by atoms with van der Waals surface area (Å²) in [4.78, 5) is 25.6. The molecule has 0 radical (unpaired) electrons. The van der Waals surface area contributed by atoms with Gasteiger partial charge in [0.1, 0.15) is 12.4 Å². The van der Waals surface area contributed by atoms with Gasteiger partial charge in [-0.25, -0.2) is 9.59 Å². The monoisotopic (exact) mass is 477 g/mol. The van der Waals surface area contributed by atoms with Gasteiger partial charge in [-0.15, -0.1) is 0 Å². The van der Waals surface area contributed by atoms with Crippen molar-refractivity contribution in [2.45, 2.75) is 53.1 Å². The van der Waals surface area contributed by atoms with Crippen LogP contribution >= 0.6 is 0 Å². The molecule has 0 bridgehead atoms. The van der Waals surface area contributed by atoms with Crippen LogP contribution in [-0.2, 0) is 16.1 Å². The van der Waals surface area contributed by atoms with Crippen LogP contribution in [0.2, 0.25) is 0 Å². The van der Waals surface area contributed by atoms with E-state index in [1.807, 2.05) is 69.3 Å². The van der Waals surface area contributed by atoms with Crippen LogP contribution in [0.3, 0.4) is 0 Å². The van der Waals surface area contributed by atoms with E-state index < -0.39 is 11.9 Å². The van der Waals surface area contributed by atoms with Crippen LogP contribution in [0.15, 0.2) is 71.2 Å². The van der Waals surface area contributed by atoms with Crippen LogP contribution in [0.5, 0.6) is 5.75 Å². The third-order valence-corrected chi connectivity index (χ3v) is 5.97. The average Bonchev–Trinajstić information content (AvgIpc) is 2.85. The summed E-state index contributed by atoms with van der Waals surface area (Å²) in [7, 11) is 1.36. The van der Waals surface area contributed by atoms with E-state index in [-0.39, 0.29) is 6.03 Å². The Kier molecular flexibility index (Phi) is 8.95. The van der Waals surface area contributed by atoms with E-state index in [0.717, 1.165) is 29.7 Å². The van der Waals surface area contributed by atoms with Gasteiger partial charge in [-0.1, -0.05) is 61.4 Å². The highest BCUT2D eigenvalue weighted by atomic mass is 16.5. The maximum Gasteiger partial charge on any atom is 0.336 e. The van der Waals surface area contributed by atoms with E-state index in [9.17, 15) is 9.59 Å². The molecule has 1 aliphatic heterocycles. The molecule has 2 aromatic rings. The van der Waals surface area contributed by atoms with Gasteiger partial charge in [0, 0.05) is 23.5 Å². The van der Waals surface area contributed by atoms with Gasteiger partial charge >= 0.3 is 12.0 Å². The van der Waals surface area contributed by atoms with Gasteiger partial charge in [0.25, 0.3) is 0 Å². The molecule has 3 rings (SSSR count). The van der Waals surface area contributed by atoms with Crippen molar-refractivity contribution >= 4 is 12.0 Å². The van der Waals surface area contributed by atoms with Crippen molar-refractivity contribution in [1.82, 2.24) is 16.0 Å². The topological polar surface area (TPSA) is 88.7 Å². The van der Waals surface area contributed by atoms with Crippen molar-refractivity contribution in [1.29, 1.82) is 0 Å². The molecule has 7 nitrogen and oxygen atoms in total. The maximum absolute atomic E-state index is 12.9. The fraction of sp³-hybridized carbons (Fsp3) is 0.357. The lowest BCUT2D eigenvalue weighted by Crippen LogP contribution is -2.41. The summed E-state index contributed by atoms with van der Waals surface area (Å²) in [6, 6.07) is 15.4. The minimum Gasteiger partial charge on any atom is -0.489 e. The minimum atomic E-state index is -0.574. The number of benzene rings is 2. The predicted octanol–water partition coefficient (Wildman–Crippen LogP) is 5.04. The molecule has 0 saturated heterocycles. The lowest BCUT2D eigenvalue weighted by molar-refractivity contribution is -0.136. The Balaban J connectivity index is 1.99. The molecule has 1 atom stereocenters. The third-order valence-electron chi connectivity index (χ3n) is 5.97. The number of urea groups is 1. The zero-order valence-electron chi connectivity index (χ0n) is 21.2. The highest BCUT2D eigenvalue weighted by Crippen LogP contribution is 2.41. The van der Waals surface area contributed by atoms with Crippen molar-refractivity contribution in [3.05, 3.63) is 87.9 Å². The van der Waals surface area contributed by atoms with Gasteiger partial charge in [-0.2, -0.15) is 0 Å². The van der Waals surface area contributed by atoms with Crippen LogP contribution < -0.4 is 20.7 Å². The molecule has 0 aromatic heterocycles. The Hall–Kier alpha value is -3.74. The Labute approximate surface area is 207 Å². The van der Waals surface area contributed by atoms with Gasteiger partial charge in [0.2, 0.25) is 0 Å². The highest BCUT2D eigenvalue weighted by Gasteiger charge is 2.36. The minimum absolute atomic E-state index is 0.318. The Bertz CT molecular complexity index is 1120. The quantitative estimate of drug-likeness (QED) is 0.348. The Morgan fingerprint density at radius 1 is 1.00 bits per heavy atom. The van der Waals surface area contributed by atoms with E-state index in [0.29, 0.717) is 35.9 Å². The first-order valence-electron chi connectivity index (χ1n) is 11.9. The Morgan fingerprint density at radius 3 is 2.40 bits per heavy atom. The number of esters is 1. The Morgan fingerprint density at radius 2 is 1.71 bits per heavy atom. The second kappa shape index (κ2) is 12.1. The van der Waals surface area contributed by atoms with E-state index in [4.69, 9.17) is 9.47 Å². The van der Waals surface area contributed by atoms with Gasteiger partial charge in [-0.3, -0.25) is 0 Å². The molecule has 0 saturated carbocycles. The number of nitrogens with one attached hydrogen (secondary N) is 3. The molecular weight excluding hydrogens is 442 g/mol. The number of aryl methyl sites for hydroxylation is 1. The zero-order valence-corrected chi connectivity index (χ0v) is 21.2. The number of allylic oxidation sites excluding steroid dienone is 3. The molecule has 0 spiro atoms. The SMILES string of the molecule is CCCCNC(=O)NC1=C(C)NC(C)=C(C(=O)OC)C1c1ccccc1OCc1ccc(C)cc1. The van der Waals surface area contributed by atoms with Gasteiger partial charge in [0.05, 0.1) is 24.3 Å². The smallest absolute Gasteiger partial charge is 0.336 e. The second-order valence-electron chi connectivity index (χ2n) is 8.67. The van der Waals surface area contributed by atoms with Crippen LogP contribution in [-0.4, -0.2) is 25.7 Å². The van der Waals surface area contributed by atoms with E-state index in [1.54, 1.807) is 0 Å². The van der Waals surface area contributed by atoms with Crippen molar-refractivity contribution < 1.29 is 19.1 Å². The number of methoxy groups -OCH3 is 1. The molecule has 0 aliphatic carbocycles. The molecular formula is C28H35N3O4. The average molecular weight is 478 g/mol. The van der Waals surface area contributed by atoms with Gasteiger partial charge in [-0.05, 0) is 38.8 Å². The third kappa shape index (κ3) is 6.44. The fourth-order valence-corrected chi connectivity index (χ4v) is 4.09. The van der Waals surface area contributed by atoms with Crippen LogP contribution in [0.25, 0.3) is 0 Å². The van der Waals surface area contributed by atoms with Crippen molar-refractivity contribution in [3.8, 4) is 5.75 Å². The highest BCUT2D eigenvalue weighted by molar-refractivity contribution is 5.93.